The predicted octanol–water partition coefficient (Wildman–Crippen LogP) is 7.13. The number of halogens is 2. The van der Waals surface area contributed by atoms with E-state index in [0.717, 1.165) is 16.7 Å². The van der Waals surface area contributed by atoms with Crippen LogP contribution in [0.25, 0.3) is 0 Å². The van der Waals surface area contributed by atoms with Crippen LogP contribution in [0.1, 0.15) is 67.3 Å². The molecule has 1 amide bonds. The van der Waals surface area contributed by atoms with Crippen LogP contribution in [0.15, 0.2) is 65.7 Å². The average molecular weight is 463 g/mol. The fraction of sp³-hybridized carbons (Fsp3) is 0.286. The summed E-state index contributed by atoms with van der Waals surface area (Å²) in [7, 11) is 0. The lowest BCUT2D eigenvalue weighted by molar-refractivity contribution is -0.117. The topological polar surface area (TPSA) is 41.5 Å². The molecule has 0 bridgehead atoms. The Morgan fingerprint density at radius 2 is 1.70 bits per heavy atom. The number of amides is 1. The van der Waals surface area contributed by atoms with E-state index < -0.39 is 6.04 Å². The molecule has 5 heteroatoms. The third-order valence-electron chi connectivity index (χ3n) is 6.07. The van der Waals surface area contributed by atoms with Crippen molar-refractivity contribution in [3.8, 4) is 0 Å². The van der Waals surface area contributed by atoms with E-state index >= 15 is 0 Å². The molecule has 0 fully saturated rings. The molecule has 4 rings (SSSR count). The van der Waals surface area contributed by atoms with Crippen molar-refractivity contribution < 1.29 is 9.18 Å². The number of aliphatic imine (C=N–C) groups is 1. The lowest BCUT2D eigenvalue weighted by Crippen LogP contribution is -2.28. The lowest BCUT2D eigenvalue weighted by atomic mass is 9.89. The highest BCUT2D eigenvalue weighted by molar-refractivity contribution is 6.32. The molecule has 1 aliphatic heterocycles. The molecule has 0 spiro atoms. The van der Waals surface area contributed by atoms with E-state index in [0.29, 0.717) is 34.7 Å². The highest BCUT2D eigenvalue weighted by Crippen LogP contribution is 2.30. The Kier molecular flexibility index (Phi) is 6.66. The number of carbonyl (C=O) groups is 1. The summed E-state index contributed by atoms with van der Waals surface area (Å²) in [6.07, 6.45) is 0.476. The third kappa shape index (κ3) is 5.01. The number of benzene rings is 3. The molecular formula is C28H28ClFN2O. The Morgan fingerprint density at radius 3 is 2.36 bits per heavy atom. The average Bonchev–Trinajstić information content (AvgIpc) is 2.91. The summed E-state index contributed by atoms with van der Waals surface area (Å²) in [4.78, 5) is 18.2. The third-order valence-corrected chi connectivity index (χ3v) is 6.31. The molecule has 0 radical (unpaired) electrons. The molecule has 1 N–H and O–H groups in total. The summed E-state index contributed by atoms with van der Waals surface area (Å²) >= 11 is 6.28. The Balaban J connectivity index is 1.81. The fourth-order valence-corrected chi connectivity index (χ4v) is 4.37. The van der Waals surface area contributed by atoms with Gasteiger partial charge in [-0.1, -0.05) is 57.5 Å². The first kappa shape index (κ1) is 23.2. The van der Waals surface area contributed by atoms with Gasteiger partial charge in [-0.05, 0) is 71.0 Å². The number of nitrogens with one attached hydrogen (secondary N) is 1. The summed E-state index contributed by atoms with van der Waals surface area (Å²) < 4.78 is 13.6. The van der Waals surface area contributed by atoms with Gasteiger partial charge in [-0.25, -0.2) is 4.39 Å². The van der Waals surface area contributed by atoms with E-state index in [1.165, 1.54) is 23.3 Å². The minimum absolute atomic E-state index is 0.168. The Labute approximate surface area is 199 Å². The Bertz CT molecular complexity index is 1220. The van der Waals surface area contributed by atoms with Gasteiger partial charge in [0.15, 0.2) is 0 Å². The van der Waals surface area contributed by atoms with Crippen molar-refractivity contribution in [1.29, 1.82) is 0 Å². The molecule has 170 valence electrons. The maximum atomic E-state index is 13.6. The van der Waals surface area contributed by atoms with E-state index in [4.69, 9.17) is 16.6 Å². The van der Waals surface area contributed by atoms with E-state index in [1.807, 2.05) is 0 Å². The summed E-state index contributed by atoms with van der Waals surface area (Å²) in [5, 5.41) is 3.57. The van der Waals surface area contributed by atoms with Crippen LogP contribution in [0.3, 0.4) is 0 Å². The van der Waals surface area contributed by atoms with Gasteiger partial charge in [-0.3, -0.25) is 9.79 Å². The van der Waals surface area contributed by atoms with Crippen LogP contribution in [0, 0.1) is 5.82 Å². The van der Waals surface area contributed by atoms with Crippen molar-refractivity contribution in [3.05, 3.63) is 99.3 Å². The van der Waals surface area contributed by atoms with Gasteiger partial charge < -0.3 is 5.32 Å². The van der Waals surface area contributed by atoms with Crippen LogP contribution < -0.4 is 5.32 Å². The zero-order valence-corrected chi connectivity index (χ0v) is 20.1. The van der Waals surface area contributed by atoms with Crippen molar-refractivity contribution in [3.63, 3.8) is 0 Å². The van der Waals surface area contributed by atoms with Gasteiger partial charge >= 0.3 is 0 Å². The second kappa shape index (κ2) is 9.48. The second-order valence-corrected chi connectivity index (χ2v) is 9.59. The minimum Gasteiger partial charge on any atom is -0.324 e. The largest absolute Gasteiger partial charge is 0.324 e. The van der Waals surface area contributed by atoms with E-state index in [1.54, 1.807) is 30.3 Å². The molecule has 3 aromatic rings. The van der Waals surface area contributed by atoms with Crippen molar-refractivity contribution in [2.75, 3.05) is 5.32 Å². The smallest absolute Gasteiger partial charge is 0.249 e. The predicted molar refractivity (Wildman–Crippen MR) is 134 cm³/mol. The second-order valence-electron chi connectivity index (χ2n) is 9.15. The van der Waals surface area contributed by atoms with Gasteiger partial charge in [0.1, 0.15) is 11.9 Å². The Hall–Kier alpha value is -2.98. The fourth-order valence-electron chi connectivity index (χ4n) is 4.20. The summed E-state index contributed by atoms with van der Waals surface area (Å²) in [5.41, 5.74) is 6.36. The van der Waals surface area contributed by atoms with E-state index in [-0.39, 0.29) is 11.7 Å². The number of anilines is 1. The SMILES string of the molecule is CC(C)c1ccc(CC2N=C(c3ccc(F)cc3)c3cc(Cl)ccc3NC2=O)c(C(C)C)c1. The molecule has 1 aliphatic rings. The summed E-state index contributed by atoms with van der Waals surface area (Å²) in [5.74, 6) is 0.263. The van der Waals surface area contributed by atoms with Gasteiger partial charge in [0.2, 0.25) is 5.91 Å². The number of hydrogen-bond donors (Lipinski definition) is 1. The number of hydrogen-bond acceptors (Lipinski definition) is 2. The van der Waals surface area contributed by atoms with Crippen molar-refractivity contribution in [1.82, 2.24) is 0 Å². The zero-order chi connectivity index (χ0) is 23.7. The molecular weight excluding hydrogens is 435 g/mol. The van der Waals surface area contributed by atoms with Crippen molar-refractivity contribution >= 4 is 28.9 Å². The van der Waals surface area contributed by atoms with E-state index in [9.17, 15) is 9.18 Å². The van der Waals surface area contributed by atoms with Crippen molar-refractivity contribution in [2.24, 2.45) is 4.99 Å². The monoisotopic (exact) mass is 462 g/mol. The van der Waals surface area contributed by atoms with Crippen LogP contribution in [0.5, 0.6) is 0 Å². The zero-order valence-electron chi connectivity index (χ0n) is 19.3. The highest BCUT2D eigenvalue weighted by atomic mass is 35.5. The number of fused-ring (bicyclic) bond motifs is 1. The number of nitrogens with zero attached hydrogens (tertiary/aromatic N) is 1. The van der Waals surface area contributed by atoms with Gasteiger partial charge in [-0.2, -0.15) is 0 Å². The molecule has 0 saturated carbocycles. The molecule has 3 aromatic carbocycles. The number of benzodiazepines with no additional fused rings is 1. The first-order valence-electron chi connectivity index (χ1n) is 11.3. The van der Waals surface area contributed by atoms with Crippen LogP contribution >= 0.6 is 11.6 Å². The lowest BCUT2D eigenvalue weighted by Gasteiger charge is -2.19. The minimum atomic E-state index is -0.626. The Morgan fingerprint density at radius 1 is 0.970 bits per heavy atom. The van der Waals surface area contributed by atoms with E-state index in [2.05, 4.69) is 51.2 Å². The molecule has 1 atom stereocenters. The summed E-state index contributed by atoms with van der Waals surface area (Å²) in [6.45, 7) is 8.70. The molecule has 0 aromatic heterocycles. The summed E-state index contributed by atoms with van der Waals surface area (Å²) in [6, 6.07) is 17.4. The highest BCUT2D eigenvalue weighted by Gasteiger charge is 2.27. The molecule has 1 heterocycles. The van der Waals surface area contributed by atoms with Gasteiger partial charge in [0.25, 0.3) is 0 Å². The normalized spacial score (nSPS) is 15.8. The molecule has 0 aliphatic carbocycles. The molecule has 33 heavy (non-hydrogen) atoms. The maximum absolute atomic E-state index is 13.6. The maximum Gasteiger partial charge on any atom is 0.249 e. The first-order valence-corrected chi connectivity index (χ1v) is 11.7. The van der Waals surface area contributed by atoms with Gasteiger partial charge in [0, 0.05) is 22.6 Å². The molecule has 1 unspecified atom stereocenters. The van der Waals surface area contributed by atoms with Gasteiger partial charge in [-0.15, -0.1) is 0 Å². The van der Waals surface area contributed by atoms with Gasteiger partial charge in [0.05, 0.1) is 11.4 Å². The molecule has 0 saturated heterocycles. The van der Waals surface area contributed by atoms with Crippen LogP contribution in [0.4, 0.5) is 10.1 Å². The van der Waals surface area contributed by atoms with Crippen molar-refractivity contribution in [2.45, 2.75) is 52.0 Å². The first-order chi connectivity index (χ1) is 15.7. The molecule has 3 nitrogen and oxygen atoms in total. The van der Waals surface area contributed by atoms with Crippen LogP contribution in [0.2, 0.25) is 5.02 Å². The number of rotatable bonds is 5. The van der Waals surface area contributed by atoms with Crippen LogP contribution in [-0.4, -0.2) is 17.7 Å². The standard InChI is InChI=1S/C28H28ClFN2O/c1-16(2)19-5-6-20(23(13-19)17(3)4)14-26-28(33)32-25-12-9-21(29)15-24(25)27(31-26)18-7-10-22(30)11-8-18/h5-13,15-17,26H,14H2,1-4H3,(H,32,33). The van der Waals surface area contributed by atoms with Crippen LogP contribution in [-0.2, 0) is 11.2 Å². The number of carbonyl (C=O) groups excluding carboxylic acids is 1. The quantitative estimate of drug-likeness (QED) is 0.430.